The molecule has 0 unspecified atom stereocenters. The number of hydrogen-bond donors (Lipinski definition) is 0. The summed E-state index contributed by atoms with van der Waals surface area (Å²) >= 11 is 0. The number of benzene rings is 1. The lowest BCUT2D eigenvalue weighted by atomic mass is 10.0. The van der Waals surface area contributed by atoms with Gasteiger partial charge in [-0.25, -0.2) is 8.78 Å². The minimum Gasteiger partial charge on any atom is -0.207 e. The first kappa shape index (κ1) is 10.2. The first-order valence-corrected chi connectivity index (χ1v) is 4.32. The van der Waals surface area contributed by atoms with E-state index in [0.29, 0.717) is 0 Å². The quantitative estimate of drug-likeness (QED) is 0.659. The van der Waals surface area contributed by atoms with E-state index < -0.39 is 5.92 Å². The summed E-state index contributed by atoms with van der Waals surface area (Å²) < 4.78 is 25.4. The van der Waals surface area contributed by atoms with E-state index in [1.54, 1.807) is 6.07 Å². The molecule has 0 heterocycles. The molecule has 0 saturated heterocycles. The molecule has 0 amide bonds. The summed E-state index contributed by atoms with van der Waals surface area (Å²) in [5, 5.41) is 0. The lowest BCUT2D eigenvalue weighted by Gasteiger charge is -2.12. The normalized spacial score (nSPS) is 11.8. The van der Waals surface area contributed by atoms with Crippen molar-refractivity contribution in [3.05, 3.63) is 34.9 Å². The molecular weight excluding hydrogens is 170 g/mol. The molecular formula is C11H14F2. The molecule has 0 atom stereocenters. The summed E-state index contributed by atoms with van der Waals surface area (Å²) in [6.45, 7) is 4.78. The van der Waals surface area contributed by atoms with Crippen molar-refractivity contribution >= 4 is 0 Å². The van der Waals surface area contributed by atoms with Crippen LogP contribution in [0.5, 0.6) is 0 Å². The molecule has 0 spiro atoms. The molecule has 0 aromatic heterocycles. The number of halogens is 2. The molecule has 0 fully saturated rings. The molecule has 13 heavy (non-hydrogen) atoms. The zero-order valence-electron chi connectivity index (χ0n) is 8.20. The number of alkyl halides is 2. The van der Waals surface area contributed by atoms with Crippen molar-refractivity contribution in [2.45, 2.75) is 33.1 Å². The Kier molecular flexibility index (Phi) is 2.69. The van der Waals surface area contributed by atoms with Crippen LogP contribution in [0.25, 0.3) is 0 Å². The molecule has 72 valence electrons. The van der Waals surface area contributed by atoms with Gasteiger partial charge < -0.3 is 0 Å². The van der Waals surface area contributed by atoms with Crippen LogP contribution >= 0.6 is 0 Å². The summed E-state index contributed by atoms with van der Waals surface area (Å²) in [5.74, 6) is -2.61. The van der Waals surface area contributed by atoms with Crippen LogP contribution in [0.4, 0.5) is 8.78 Å². The molecule has 0 saturated carbocycles. The van der Waals surface area contributed by atoms with Crippen LogP contribution in [0, 0.1) is 13.8 Å². The van der Waals surface area contributed by atoms with E-state index >= 15 is 0 Å². The predicted octanol–water partition coefficient (Wildman–Crippen LogP) is 3.50. The molecule has 0 aliphatic rings. The smallest absolute Gasteiger partial charge is 0.207 e. The van der Waals surface area contributed by atoms with Gasteiger partial charge in [-0.15, -0.1) is 0 Å². The molecule has 2 heteroatoms. The van der Waals surface area contributed by atoms with Crippen molar-refractivity contribution in [3.63, 3.8) is 0 Å². The van der Waals surface area contributed by atoms with Gasteiger partial charge in [0.2, 0.25) is 5.92 Å². The van der Waals surface area contributed by atoms with Crippen LogP contribution in [0.3, 0.4) is 0 Å². The topological polar surface area (TPSA) is 0 Å². The second kappa shape index (κ2) is 3.44. The highest BCUT2D eigenvalue weighted by Gasteiger charge is 2.22. The first-order chi connectivity index (χ1) is 5.88. The SMILES string of the molecule is Cc1ccc(CC(C)(F)F)c(C)c1. The van der Waals surface area contributed by atoms with Gasteiger partial charge in [-0.1, -0.05) is 23.8 Å². The third kappa shape index (κ3) is 3.13. The van der Waals surface area contributed by atoms with E-state index in [1.807, 2.05) is 26.0 Å². The largest absolute Gasteiger partial charge is 0.249 e. The van der Waals surface area contributed by atoms with Gasteiger partial charge in [0.1, 0.15) is 0 Å². The Bertz CT molecular complexity index is 297. The highest BCUT2D eigenvalue weighted by atomic mass is 19.3. The third-order valence-electron chi connectivity index (χ3n) is 2.00. The molecule has 1 aromatic rings. The average molecular weight is 184 g/mol. The van der Waals surface area contributed by atoms with Crippen molar-refractivity contribution in [1.82, 2.24) is 0 Å². The number of aryl methyl sites for hydroxylation is 2. The second-order valence-corrected chi connectivity index (χ2v) is 3.68. The molecule has 0 aliphatic heterocycles. The van der Waals surface area contributed by atoms with E-state index in [9.17, 15) is 8.78 Å². The van der Waals surface area contributed by atoms with Crippen LogP contribution in [-0.4, -0.2) is 5.92 Å². The van der Waals surface area contributed by atoms with E-state index in [2.05, 4.69) is 0 Å². The fraction of sp³-hybridized carbons (Fsp3) is 0.455. The minimum absolute atomic E-state index is 0.168. The van der Waals surface area contributed by atoms with Crippen LogP contribution in [0.1, 0.15) is 23.6 Å². The van der Waals surface area contributed by atoms with Crippen LogP contribution < -0.4 is 0 Å². The number of hydrogen-bond acceptors (Lipinski definition) is 0. The highest BCUT2D eigenvalue weighted by molar-refractivity contribution is 5.31. The van der Waals surface area contributed by atoms with Gasteiger partial charge in [-0.2, -0.15) is 0 Å². The van der Waals surface area contributed by atoms with E-state index in [4.69, 9.17) is 0 Å². The lowest BCUT2D eigenvalue weighted by molar-refractivity contribution is 0.0224. The molecule has 0 radical (unpaired) electrons. The van der Waals surface area contributed by atoms with Crippen molar-refractivity contribution in [2.75, 3.05) is 0 Å². The van der Waals surface area contributed by atoms with Gasteiger partial charge in [-0.3, -0.25) is 0 Å². The Hall–Kier alpha value is -0.920. The molecule has 1 aromatic carbocycles. The Morgan fingerprint density at radius 2 is 1.85 bits per heavy atom. The zero-order valence-corrected chi connectivity index (χ0v) is 8.20. The lowest BCUT2D eigenvalue weighted by Crippen LogP contribution is -2.14. The summed E-state index contributed by atoms with van der Waals surface area (Å²) in [6.07, 6.45) is -0.168. The number of rotatable bonds is 2. The van der Waals surface area contributed by atoms with Crippen molar-refractivity contribution in [2.24, 2.45) is 0 Å². The fourth-order valence-electron chi connectivity index (χ4n) is 1.38. The molecule has 0 aliphatic carbocycles. The predicted molar refractivity (Wildman–Crippen MR) is 50.2 cm³/mol. The Morgan fingerprint density at radius 3 is 2.31 bits per heavy atom. The van der Waals surface area contributed by atoms with Gasteiger partial charge in [0.25, 0.3) is 0 Å². The van der Waals surface area contributed by atoms with Crippen LogP contribution in [0.2, 0.25) is 0 Å². The fourth-order valence-corrected chi connectivity index (χ4v) is 1.38. The molecule has 1 rings (SSSR count). The summed E-state index contributed by atoms with van der Waals surface area (Å²) in [7, 11) is 0. The van der Waals surface area contributed by atoms with Gasteiger partial charge in [-0.05, 0) is 31.9 Å². The van der Waals surface area contributed by atoms with Gasteiger partial charge in [0.05, 0.1) is 0 Å². The van der Waals surface area contributed by atoms with Gasteiger partial charge in [0, 0.05) is 6.42 Å². The van der Waals surface area contributed by atoms with E-state index in [0.717, 1.165) is 23.6 Å². The standard InChI is InChI=1S/C11H14F2/c1-8-4-5-10(9(2)6-8)7-11(3,12)13/h4-6H,7H2,1-3H3. The maximum Gasteiger partial charge on any atom is 0.249 e. The Balaban J connectivity index is 2.90. The summed E-state index contributed by atoms with van der Waals surface area (Å²) in [5.41, 5.74) is 2.79. The zero-order chi connectivity index (χ0) is 10.1. The summed E-state index contributed by atoms with van der Waals surface area (Å²) in [6, 6.07) is 5.58. The van der Waals surface area contributed by atoms with Crippen molar-refractivity contribution < 1.29 is 8.78 Å². The molecule has 0 bridgehead atoms. The highest BCUT2D eigenvalue weighted by Crippen LogP contribution is 2.21. The average Bonchev–Trinajstić information content (AvgIpc) is 1.93. The summed E-state index contributed by atoms with van der Waals surface area (Å²) in [4.78, 5) is 0. The molecule has 0 nitrogen and oxygen atoms in total. The van der Waals surface area contributed by atoms with Gasteiger partial charge in [0.15, 0.2) is 0 Å². The Morgan fingerprint density at radius 1 is 1.23 bits per heavy atom. The van der Waals surface area contributed by atoms with E-state index in [1.165, 1.54) is 0 Å². The second-order valence-electron chi connectivity index (χ2n) is 3.68. The maximum atomic E-state index is 12.7. The van der Waals surface area contributed by atoms with Crippen molar-refractivity contribution in [1.29, 1.82) is 0 Å². The minimum atomic E-state index is -2.61. The van der Waals surface area contributed by atoms with Gasteiger partial charge >= 0.3 is 0 Å². The maximum absolute atomic E-state index is 12.7. The van der Waals surface area contributed by atoms with E-state index in [-0.39, 0.29) is 6.42 Å². The monoisotopic (exact) mass is 184 g/mol. The first-order valence-electron chi connectivity index (χ1n) is 4.32. The molecule has 0 N–H and O–H groups in total. The Labute approximate surface area is 77.6 Å². The third-order valence-corrected chi connectivity index (χ3v) is 2.00. The van der Waals surface area contributed by atoms with Crippen LogP contribution in [0.15, 0.2) is 18.2 Å². The van der Waals surface area contributed by atoms with Crippen LogP contribution in [-0.2, 0) is 6.42 Å². The van der Waals surface area contributed by atoms with Crippen molar-refractivity contribution in [3.8, 4) is 0 Å².